The van der Waals surface area contributed by atoms with E-state index < -0.39 is 0 Å². The minimum absolute atomic E-state index is 0. The molecule has 0 aliphatic rings. The minimum atomic E-state index is 0. The third-order valence-electron chi connectivity index (χ3n) is 0. The molecule has 0 unspecified atom stereocenters. The van der Waals surface area contributed by atoms with Gasteiger partial charge in [-0.1, -0.05) is 0 Å². The van der Waals surface area contributed by atoms with E-state index in [0.717, 1.165) is 0 Å². The molecule has 0 radical (unpaired) electrons. The van der Waals surface area contributed by atoms with E-state index in [4.69, 9.17) is 0 Å². The van der Waals surface area contributed by atoms with Gasteiger partial charge in [-0.25, -0.2) is 0 Å². The van der Waals surface area contributed by atoms with Gasteiger partial charge in [0, 0.05) is 26.2 Å². The molecule has 0 aromatic heterocycles. The van der Waals surface area contributed by atoms with E-state index in [1.54, 1.807) is 0 Å². The van der Waals surface area contributed by atoms with E-state index in [2.05, 4.69) is 27.6 Å². The molecule has 0 saturated carbocycles. The van der Waals surface area contributed by atoms with Gasteiger partial charge in [-0.2, -0.15) is 3.84 Å². The van der Waals surface area contributed by atoms with Crippen LogP contribution >= 0.6 is 23.7 Å². The van der Waals surface area contributed by atoms with Crippen LogP contribution in [0, 0.1) is 0 Å². The molecule has 0 heterocycles. The molecular formula is H8Cl2O5Zr. The number of hydrogen-bond donors (Lipinski definition) is 0. The summed E-state index contributed by atoms with van der Waals surface area (Å²) in [6.45, 7) is 0. The summed E-state index contributed by atoms with van der Waals surface area (Å²) in [4.78, 5) is 0. The maximum Gasteiger partial charge on any atom is 0.0832 e. The van der Waals surface area contributed by atoms with Crippen LogP contribution in [0.15, 0.2) is 0 Å². The Morgan fingerprint density at radius 3 is 0.750 bits per heavy atom. The van der Waals surface area contributed by atoms with Gasteiger partial charge in [0.1, 0.15) is 0 Å². The van der Waals surface area contributed by atoms with Gasteiger partial charge in [-0.15, -0.1) is 0 Å². The maximum atomic E-state index is 4.26. The molecule has 0 fully saturated rings. The van der Waals surface area contributed by atoms with Gasteiger partial charge >= 0.3 is 0 Å². The Balaban J connectivity index is -0.00000000200. The molecule has 5 nitrogen and oxygen atoms in total. The Morgan fingerprint density at radius 1 is 0.750 bits per heavy atom. The Morgan fingerprint density at radius 2 is 0.750 bits per heavy atom. The molecule has 0 aromatic rings. The molecule has 0 aliphatic heterocycles. The van der Waals surface area contributed by atoms with Gasteiger partial charge in [0.25, 0.3) is 0 Å². The topological polar surface area (TPSA) is 135 Å². The first kappa shape index (κ1) is 59.4. The Bertz CT molecular complexity index is 10.4. The van der Waals surface area contributed by atoms with Crippen molar-refractivity contribution in [1.29, 1.82) is 0 Å². The summed E-state index contributed by atoms with van der Waals surface area (Å²) in [5.41, 5.74) is 0. The van der Waals surface area contributed by atoms with Crippen molar-refractivity contribution < 1.29 is 51.9 Å². The van der Waals surface area contributed by atoms with Crippen LogP contribution in [-0.4, -0.2) is 21.9 Å². The molecular weight excluding hydrogens is 242 g/mol. The minimum Gasteiger partial charge on any atom is -0.412 e. The molecule has 8 N–H and O–H groups in total. The zero-order valence-corrected chi connectivity index (χ0v) is 7.63. The van der Waals surface area contributed by atoms with E-state index in [1.807, 2.05) is 0 Å². The molecule has 0 atom stereocenters. The van der Waals surface area contributed by atoms with Crippen LogP contribution in [0.3, 0.4) is 0 Å². The monoisotopic (exact) mass is 248 g/mol. The van der Waals surface area contributed by atoms with Gasteiger partial charge in [-0.3, -0.25) is 0 Å². The normalized spacial score (nSPS) is 2.25. The van der Waals surface area contributed by atoms with Crippen molar-refractivity contribution >= 4 is 23.7 Å². The number of hydrogen-bond acceptors (Lipinski definition) is 1. The summed E-state index contributed by atoms with van der Waals surface area (Å²) >= 11 is 8.53. The zero-order valence-electron chi connectivity index (χ0n) is 3.66. The molecule has 8 heteroatoms. The first-order valence-corrected chi connectivity index (χ1v) is 0.926. The van der Waals surface area contributed by atoms with Crippen LogP contribution < -0.4 is 0 Å². The molecule has 0 bridgehead atoms. The third-order valence-corrected chi connectivity index (χ3v) is 0. The van der Waals surface area contributed by atoms with Gasteiger partial charge in [0.2, 0.25) is 0 Å². The Labute approximate surface area is 75.6 Å². The van der Waals surface area contributed by atoms with Crippen molar-refractivity contribution in [3.63, 3.8) is 0 Å². The standard InChI is InChI=1S/Cl2O.4H2O.Zr/c1-3-2;;;;;/h;4*1H2;. The van der Waals surface area contributed by atoms with Gasteiger partial charge in [0.15, 0.2) is 0 Å². The quantitative estimate of drug-likeness (QED) is 0.483. The summed E-state index contributed by atoms with van der Waals surface area (Å²) in [6.07, 6.45) is 0. The van der Waals surface area contributed by atoms with Crippen LogP contribution in [0.1, 0.15) is 0 Å². The predicted octanol–water partition coefficient (Wildman–Crippen LogP) is -1.99. The first-order valence-electron chi connectivity index (χ1n) is 0.309. The molecule has 56 valence electrons. The van der Waals surface area contributed by atoms with E-state index >= 15 is 0 Å². The summed E-state index contributed by atoms with van der Waals surface area (Å²) in [5.74, 6) is 0. The summed E-state index contributed by atoms with van der Waals surface area (Å²) in [7, 11) is 0. The summed E-state index contributed by atoms with van der Waals surface area (Å²) in [5, 5.41) is 0. The van der Waals surface area contributed by atoms with Gasteiger partial charge in [-0.05, 0) is 0 Å². The number of rotatable bonds is 0. The zero-order chi connectivity index (χ0) is 2.71. The third kappa shape index (κ3) is 179. The first-order chi connectivity index (χ1) is 1.41. The molecule has 0 rings (SSSR count). The average Bonchev–Trinajstić information content (AvgIpc) is 0.918. The fourth-order valence-corrected chi connectivity index (χ4v) is 0. The van der Waals surface area contributed by atoms with Crippen LogP contribution in [0.2, 0.25) is 0 Å². The van der Waals surface area contributed by atoms with Gasteiger partial charge in [0.05, 0.1) is 23.7 Å². The van der Waals surface area contributed by atoms with E-state index in [1.165, 1.54) is 0 Å². The van der Waals surface area contributed by atoms with Crippen molar-refractivity contribution in [2.45, 2.75) is 0 Å². The Hall–Kier alpha value is 1.26. The Kier molecular flexibility index (Phi) is 632. The second kappa shape index (κ2) is 85.1. The predicted molar refractivity (Wildman–Crippen MR) is 27.2 cm³/mol. The van der Waals surface area contributed by atoms with Crippen LogP contribution in [0.5, 0.6) is 0 Å². The van der Waals surface area contributed by atoms with Crippen molar-refractivity contribution in [1.82, 2.24) is 0 Å². The molecule has 0 spiro atoms. The molecule has 0 saturated heterocycles. The SMILES string of the molecule is ClOCl.O.O.O.O.[Zr]. The van der Waals surface area contributed by atoms with Crippen LogP contribution in [0.4, 0.5) is 0 Å². The molecule has 0 aromatic carbocycles. The van der Waals surface area contributed by atoms with Crippen molar-refractivity contribution in [3.05, 3.63) is 0 Å². The average molecular weight is 250 g/mol. The van der Waals surface area contributed by atoms with Crippen molar-refractivity contribution in [3.8, 4) is 0 Å². The fraction of sp³-hybridized carbons (Fsp3) is 0. The van der Waals surface area contributed by atoms with E-state index in [9.17, 15) is 0 Å². The second-order valence-electron chi connectivity index (χ2n) is 0.0583. The summed E-state index contributed by atoms with van der Waals surface area (Å²) in [6, 6.07) is 0. The fourth-order valence-electron chi connectivity index (χ4n) is 0. The van der Waals surface area contributed by atoms with E-state index in [0.29, 0.717) is 0 Å². The summed E-state index contributed by atoms with van der Waals surface area (Å²) < 4.78 is 3.19. The molecule has 8 heavy (non-hydrogen) atoms. The second-order valence-corrected chi connectivity index (χ2v) is 0.525. The number of halogens is 2. The van der Waals surface area contributed by atoms with Gasteiger partial charge < -0.3 is 21.9 Å². The van der Waals surface area contributed by atoms with E-state index in [-0.39, 0.29) is 48.1 Å². The maximum absolute atomic E-state index is 4.26. The largest absolute Gasteiger partial charge is 0.412 e. The smallest absolute Gasteiger partial charge is 0.0832 e. The van der Waals surface area contributed by atoms with Crippen LogP contribution in [0.25, 0.3) is 0 Å². The molecule has 0 amide bonds. The van der Waals surface area contributed by atoms with Crippen molar-refractivity contribution in [2.75, 3.05) is 0 Å². The molecule has 0 aliphatic carbocycles. The van der Waals surface area contributed by atoms with Crippen LogP contribution in [-0.2, 0) is 30.0 Å². The van der Waals surface area contributed by atoms with Crippen molar-refractivity contribution in [2.24, 2.45) is 0 Å².